The number of allylic oxidation sites excluding steroid dienone is 2. The third-order valence-electron chi connectivity index (χ3n) is 4.21. The molecule has 0 bridgehead atoms. The number of fused-ring (bicyclic) bond motifs is 1. The van der Waals surface area contributed by atoms with E-state index in [9.17, 15) is 4.79 Å². The first-order valence-electron chi connectivity index (χ1n) is 6.81. The summed E-state index contributed by atoms with van der Waals surface area (Å²) in [5, 5.41) is 0. The number of ether oxygens (including phenoxy) is 1. The molecular formula is C14H17ClN3O2+. The van der Waals surface area contributed by atoms with Gasteiger partial charge in [-0.3, -0.25) is 9.79 Å². The summed E-state index contributed by atoms with van der Waals surface area (Å²) in [6.45, 7) is 0. The Kier molecular flexibility index (Phi) is 3.48. The van der Waals surface area contributed by atoms with Gasteiger partial charge in [0, 0.05) is 5.92 Å². The summed E-state index contributed by atoms with van der Waals surface area (Å²) >= 11 is 6.47. The van der Waals surface area contributed by atoms with Gasteiger partial charge in [0.2, 0.25) is 12.0 Å². The van der Waals surface area contributed by atoms with E-state index in [0.29, 0.717) is 5.92 Å². The minimum atomic E-state index is -0.0966. The SMILES string of the molecule is COC(=O)C1CCC(C2=C3C=NC=C[N+]3(Cl)C=N2)CC1. The topological polar surface area (TPSA) is 51.0 Å². The Bertz CT molecular complexity index is 545. The molecule has 3 aliphatic rings. The maximum atomic E-state index is 11.6. The predicted molar refractivity (Wildman–Crippen MR) is 76.7 cm³/mol. The number of rotatable bonds is 2. The highest BCUT2D eigenvalue weighted by Crippen LogP contribution is 2.40. The summed E-state index contributed by atoms with van der Waals surface area (Å²) in [5.74, 6) is 0.280. The van der Waals surface area contributed by atoms with Gasteiger partial charge in [-0.2, -0.15) is 4.99 Å². The monoisotopic (exact) mass is 294 g/mol. The molecule has 0 aromatic rings. The molecule has 1 aliphatic carbocycles. The van der Waals surface area contributed by atoms with Gasteiger partial charge in [0.05, 0.1) is 25.4 Å². The van der Waals surface area contributed by atoms with E-state index in [-0.39, 0.29) is 15.9 Å². The van der Waals surface area contributed by atoms with Gasteiger partial charge in [-0.15, -0.1) is 4.00 Å². The summed E-state index contributed by atoms with van der Waals surface area (Å²) in [7, 11) is 1.45. The minimum absolute atomic E-state index is 0.0300. The van der Waals surface area contributed by atoms with Crippen molar-refractivity contribution in [3.63, 3.8) is 0 Å². The average Bonchev–Trinajstić information content (AvgIpc) is 2.84. The van der Waals surface area contributed by atoms with Crippen molar-refractivity contribution in [2.45, 2.75) is 25.7 Å². The van der Waals surface area contributed by atoms with E-state index in [2.05, 4.69) is 9.98 Å². The highest BCUT2D eigenvalue weighted by molar-refractivity contribution is 6.14. The molecular weight excluding hydrogens is 278 g/mol. The molecule has 106 valence electrons. The van der Waals surface area contributed by atoms with Crippen LogP contribution in [0.1, 0.15) is 25.7 Å². The number of quaternary nitrogens is 1. The van der Waals surface area contributed by atoms with Crippen molar-refractivity contribution in [1.29, 1.82) is 0 Å². The van der Waals surface area contributed by atoms with E-state index in [1.807, 2.05) is 0 Å². The molecule has 2 heterocycles. The van der Waals surface area contributed by atoms with Crippen LogP contribution in [0.5, 0.6) is 0 Å². The second-order valence-corrected chi connectivity index (χ2v) is 5.91. The summed E-state index contributed by atoms with van der Waals surface area (Å²) in [6, 6.07) is 0. The Morgan fingerprint density at radius 3 is 2.85 bits per heavy atom. The zero-order chi connectivity index (χ0) is 14.2. The quantitative estimate of drug-likeness (QED) is 0.581. The van der Waals surface area contributed by atoms with E-state index in [1.54, 1.807) is 25.0 Å². The standard InChI is InChI=1S/C14H17ClN3O2/c1-20-14(19)11-4-2-10(3-5-11)13-12-8-16-6-7-18(12,15)9-17-13/h6-11H,2-5H2,1H3/q+1. The van der Waals surface area contributed by atoms with Crippen LogP contribution in [0.4, 0.5) is 0 Å². The van der Waals surface area contributed by atoms with Crippen molar-refractivity contribution in [3.05, 3.63) is 23.8 Å². The zero-order valence-corrected chi connectivity index (χ0v) is 12.1. The zero-order valence-electron chi connectivity index (χ0n) is 11.3. The Morgan fingerprint density at radius 1 is 1.40 bits per heavy atom. The van der Waals surface area contributed by atoms with Gasteiger partial charge in [0.15, 0.2) is 11.8 Å². The van der Waals surface area contributed by atoms with Crippen LogP contribution in [0, 0.1) is 11.8 Å². The Balaban J connectivity index is 1.75. The van der Waals surface area contributed by atoms with Crippen LogP contribution in [0.15, 0.2) is 33.8 Å². The van der Waals surface area contributed by atoms with Gasteiger partial charge < -0.3 is 4.74 Å². The van der Waals surface area contributed by atoms with Crippen LogP contribution in [0.3, 0.4) is 0 Å². The second kappa shape index (κ2) is 5.14. The number of carbonyl (C=O) groups excluding carboxylic acids is 1. The van der Waals surface area contributed by atoms with Crippen molar-refractivity contribution >= 4 is 30.3 Å². The molecule has 0 radical (unpaired) electrons. The van der Waals surface area contributed by atoms with Crippen molar-refractivity contribution in [2.24, 2.45) is 21.8 Å². The van der Waals surface area contributed by atoms with Crippen LogP contribution < -0.4 is 0 Å². The highest BCUT2D eigenvalue weighted by atomic mass is 35.5. The maximum Gasteiger partial charge on any atom is 0.308 e. The molecule has 0 aromatic heterocycles. The molecule has 1 saturated carbocycles. The lowest BCUT2D eigenvalue weighted by molar-refractivity contribution is -0.592. The second-order valence-electron chi connectivity index (χ2n) is 5.35. The highest BCUT2D eigenvalue weighted by Gasteiger charge is 2.41. The summed E-state index contributed by atoms with van der Waals surface area (Å²) < 4.78 is 4.90. The fourth-order valence-corrected chi connectivity index (χ4v) is 3.28. The molecule has 1 fully saturated rings. The van der Waals surface area contributed by atoms with Gasteiger partial charge in [0.25, 0.3) is 0 Å². The molecule has 6 heteroatoms. The Labute approximate surface area is 123 Å². The van der Waals surface area contributed by atoms with Gasteiger partial charge in [-0.05, 0) is 25.7 Å². The number of aliphatic imine (C=N–C) groups is 2. The fraction of sp³-hybridized carbons (Fsp3) is 0.500. The molecule has 1 unspecified atom stereocenters. The molecule has 5 nitrogen and oxygen atoms in total. The lowest BCUT2D eigenvalue weighted by Gasteiger charge is -2.27. The smallest absolute Gasteiger partial charge is 0.308 e. The first-order valence-corrected chi connectivity index (χ1v) is 7.14. The molecule has 1 atom stereocenters. The van der Waals surface area contributed by atoms with Crippen molar-refractivity contribution in [2.75, 3.05) is 7.11 Å². The number of halogens is 1. The lowest BCUT2D eigenvalue weighted by atomic mass is 9.80. The number of esters is 1. The first kappa shape index (κ1) is 13.5. The van der Waals surface area contributed by atoms with Gasteiger partial charge in [-0.25, -0.2) is 0 Å². The van der Waals surface area contributed by atoms with E-state index in [4.69, 9.17) is 16.5 Å². The summed E-state index contributed by atoms with van der Waals surface area (Å²) in [4.78, 5) is 20.2. The summed E-state index contributed by atoms with van der Waals surface area (Å²) in [6.07, 6.45) is 10.5. The van der Waals surface area contributed by atoms with E-state index in [0.717, 1.165) is 37.1 Å². The predicted octanol–water partition coefficient (Wildman–Crippen LogP) is 2.75. The molecule has 0 spiro atoms. The minimum Gasteiger partial charge on any atom is -0.469 e. The number of nitrogens with zero attached hydrogens (tertiary/aromatic N) is 3. The molecule has 3 rings (SSSR count). The number of carbonyl (C=O) groups is 1. The number of hydrogen-bond acceptors (Lipinski definition) is 4. The molecule has 0 amide bonds. The van der Waals surface area contributed by atoms with Crippen molar-refractivity contribution < 1.29 is 13.5 Å². The average molecular weight is 295 g/mol. The van der Waals surface area contributed by atoms with Crippen molar-refractivity contribution in [1.82, 2.24) is 0 Å². The summed E-state index contributed by atoms with van der Waals surface area (Å²) in [5.41, 5.74) is 1.94. The van der Waals surface area contributed by atoms with Gasteiger partial charge in [-0.1, -0.05) is 0 Å². The van der Waals surface area contributed by atoms with E-state index in [1.165, 1.54) is 7.11 Å². The first-order chi connectivity index (χ1) is 9.64. The van der Waals surface area contributed by atoms with Crippen LogP contribution in [-0.2, 0) is 9.53 Å². The third kappa shape index (κ3) is 2.21. The molecule has 20 heavy (non-hydrogen) atoms. The van der Waals surface area contributed by atoms with Crippen LogP contribution in [-0.4, -0.2) is 29.6 Å². The normalized spacial score (nSPS) is 35.3. The maximum absolute atomic E-state index is 11.6. The molecule has 0 saturated heterocycles. The van der Waals surface area contributed by atoms with Crippen LogP contribution >= 0.6 is 11.8 Å². The molecule has 0 aromatic carbocycles. The van der Waals surface area contributed by atoms with Gasteiger partial charge >= 0.3 is 5.97 Å². The van der Waals surface area contributed by atoms with Crippen LogP contribution in [0.25, 0.3) is 0 Å². The van der Waals surface area contributed by atoms with Gasteiger partial charge in [0.1, 0.15) is 11.9 Å². The number of methoxy groups -OCH3 is 1. The Morgan fingerprint density at radius 2 is 2.15 bits per heavy atom. The third-order valence-corrected chi connectivity index (χ3v) is 4.59. The Hall–Kier alpha value is -1.46. The molecule has 2 aliphatic heterocycles. The largest absolute Gasteiger partial charge is 0.469 e. The van der Waals surface area contributed by atoms with E-state index >= 15 is 0 Å². The van der Waals surface area contributed by atoms with E-state index < -0.39 is 0 Å². The fourth-order valence-electron chi connectivity index (χ4n) is 3.06. The lowest BCUT2D eigenvalue weighted by Crippen LogP contribution is -2.30. The van der Waals surface area contributed by atoms with Crippen LogP contribution in [0.2, 0.25) is 0 Å². The number of hydrogen-bond donors (Lipinski definition) is 0. The molecule has 0 N–H and O–H groups in total. The van der Waals surface area contributed by atoms with Crippen molar-refractivity contribution in [3.8, 4) is 0 Å².